The van der Waals surface area contributed by atoms with E-state index in [0.29, 0.717) is 16.9 Å². The molecule has 138 valence electrons. The predicted octanol–water partition coefficient (Wildman–Crippen LogP) is 3.47. The average Bonchev–Trinajstić information content (AvgIpc) is 3.53. The molecule has 3 rings (SSSR count). The van der Waals surface area contributed by atoms with Gasteiger partial charge in [-0.25, -0.2) is 4.79 Å². The first-order chi connectivity index (χ1) is 13.0. The number of hydrogen-bond acceptors (Lipinski definition) is 4. The molecule has 0 aromatic heterocycles. The Bertz CT molecular complexity index is 866. The summed E-state index contributed by atoms with van der Waals surface area (Å²) in [6.07, 6.45) is 4.98. The lowest BCUT2D eigenvalue weighted by molar-refractivity contribution is -0.117. The van der Waals surface area contributed by atoms with Crippen LogP contribution in [0.4, 0.5) is 11.4 Å². The van der Waals surface area contributed by atoms with E-state index in [1.807, 2.05) is 0 Å². The third-order valence-electron chi connectivity index (χ3n) is 4.13. The van der Waals surface area contributed by atoms with Gasteiger partial charge in [0.15, 0.2) is 0 Å². The number of anilines is 2. The van der Waals surface area contributed by atoms with Crippen LogP contribution in [0.15, 0.2) is 54.6 Å². The number of methoxy groups -OCH3 is 1. The molecule has 1 aliphatic carbocycles. The minimum Gasteiger partial charge on any atom is -0.465 e. The molecular weight excluding hydrogens is 344 g/mol. The van der Waals surface area contributed by atoms with E-state index >= 15 is 0 Å². The molecule has 2 aromatic rings. The highest BCUT2D eigenvalue weighted by Crippen LogP contribution is 2.30. The molecule has 0 radical (unpaired) electrons. The Morgan fingerprint density at radius 1 is 0.926 bits per heavy atom. The molecule has 0 atom stereocenters. The minimum absolute atomic E-state index is 0.0490. The molecule has 0 spiro atoms. The van der Waals surface area contributed by atoms with Crippen molar-refractivity contribution in [2.45, 2.75) is 12.8 Å². The topological polar surface area (TPSA) is 84.5 Å². The Balaban J connectivity index is 1.53. The SMILES string of the molecule is COC(=O)c1ccc(/C=C/C(=O)Nc2ccc(NC(=O)C3CC3)cc2)cc1. The van der Waals surface area contributed by atoms with E-state index in [4.69, 9.17) is 0 Å². The number of amides is 2. The zero-order valence-electron chi connectivity index (χ0n) is 14.9. The second-order valence-corrected chi connectivity index (χ2v) is 6.28. The maximum Gasteiger partial charge on any atom is 0.337 e. The second kappa shape index (κ2) is 8.31. The van der Waals surface area contributed by atoms with Gasteiger partial charge in [-0.15, -0.1) is 0 Å². The third-order valence-corrected chi connectivity index (χ3v) is 4.13. The standard InChI is InChI=1S/C21H20N2O4/c1-27-21(26)16-5-2-14(3-6-16)4-13-19(24)22-17-9-11-18(12-10-17)23-20(25)15-7-8-15/h2-6,9-13,15H,7-8H2,1H3,(H,22,24)(H,23,25)/b13-4+. The average molecular weight is 364 g/mol. The van der Waals surface area contributed by atoms with Crippen molar-refractivity contribution in [1.29, 1.82) is 0 Å². The first kappa shape index (κ1) is 18.4. The van der Waals surface area contributed by atoms with E-state index in [-0.39, 0.29) is 17.7 Å². The molecule has 0 saturated heterocycles. The molecule has 6 heteroatoms. The minimum atomic E-state index is -0.403. The van der Waals surface area contributed by atoms with Crippen LogP contribution in [-0.2, 0) is 14.3 Å². The smallest absolute Gasteiger partial charge is 0.337 e. The van der Waals surface area contributed by atoms with Crippen molar-refractivity contribution >= 4 is 35.2 Å². The van der Waals surface area contributed by atoms with Gasteiger partial charge < -0.3 is 15.4 Å². The Morgan fingerprint density at radius 3 is 2.07 bits per heavy atom. The van der Waals surface area contributed by atoms with Crippen molar-refractivity contribution in [2.75, 3.05) is 17.7 Å². The molecule has 2 amide bonds. The summed E-state index contributed by atoms with van der Waals surface area (Å²) >= 11 is 0. The second-order valence-electron chi connectivity index (χ2n) is 6.28. The van der Waals surface area contributed by atoms with Crippen LogP contribution in [0.2, 0.25) is 0 Å². The van der Waals surface area contributed by atoms with Gasteiger partial charge in [0.1, 0.15) is 0 Å². The van der Waals surface area contributed by atoms with Gasteiger partial charge in [-0.05, 0) is 60.9 Å². The Morgan fingerprint density at radius 2 is 1.52 bits per heavy atom. The quantitative estimate of drug-likeness (QED) is 0.607. The fraction of sp³-hybridized carbons (Fsp3) is 0.190. The van der Waals surface area contributed by atoms with Gasteiger partial charge in [0.25, 0.3) is 0 Å². The van der Waals surface area contributed by atoms with Crippen molar-refractivity contribution in [3.05, 3.63) is 65.7 Å². The Hall–Kier alpha value is -3.41. The van der Waals surface area contributed by atoms with Crippen LogP contribution in [0.1, 0.15) is 28.8 Å². The van der Waals surface area contributed by atoms with Gasteiger partial charge >= 0.3 is 5.97 Å². The lowest BCUT2D eigenvalue weighted by Gasteiger charge is -2.06. The number of hydrogen-bond donors (Lipinski definition) is 2. The molecule has 1 fully saturated rings. The molecule has 2 aromatic carbocycles. The van der Waals surface area contributed by atoms with Crippen LogP contribution >= 0.6 is 0 Å². The fourth-order valence-corrected chi connectivity index (χ4v) is 2.43. The van der Waals surface area contributed by atoms with Crippen molar-refractivity contribution < 1.29 is 19.1 Å². The predicted molar refractivity (Wildman–Crippen MR) is 103 cm³/mol. The van der Waals surface area contributed by atoms with Crippen molar-refractivity contribution in [2.24, 2.45) is 5.92 Å². The van der Waals surface area contributed by atoms with E-state index in [2.05, 4.69) is 15.4 Å². The van der Waals surface area contributed by atoms with Crippen LogP contribution < -0.4 is 10.6 Å². The number of carbonyl (C=O) groups is 3. The summed E-state index contributed by atoms with van der Waals surface area (Å²) in [6, 6.07) is 13.7. The normalized spacial score (nSPS) is 13.2. The zero-order chi connectivity index (χ0) is 19.2. The van der Waals surface area contributed by atoms with Gasteiger partial charge in [-0.3, -0.25) is 9.59 Å². The molecular formula is C21H20N2O4. The first-order valence-corrected chi connectivity index (χ1v) is 8.63. The number of benzene rings is 2. The first-order valence-electron chi connectivity index (χ1n) is 8.63. The van der Waals surface area contributed by atoms with E-state index in [0.717, 1.165) is 18.4 Å². The molecule has 0 unspecified atom stereocenters. The van der Waals surface area contributed by atoms with Crippen molar-refractivity contribution in [3.63, 3.8) is 0 Å². The van der Waals surface area contributed by atoms with Crippen LogP contribution in [-0.4, -0.2) is 24.9 Å². The van der Waals surface area contributed by atoms with E-state index < -0.39 is 5.97 Å². The lowest BCUT2D eigenvalue weighted by Crippen LogP contribution is -2.13. The summed E-state index contributed by atoms with van der Waals surface area (Å²) in [5.74, 6) is -0.481. The molecule has 6 nitrogen and oxygen atoms in total. The monoisotopic (exact) mass is 364 g/mol. The van der Waals surface area contributed by atoms with Gasteiger partial charge in [0.2, 0.25) is 11.8 Å². The van der Waals surface area contributed by atoms with Crippen LogP contribution in [0.25, 0.3) is 6.08 Å². The van der Waals surface area contributed by atoms with Gasteiger partial charge in [0, 0.05) is 23.4 Å². The molecule has 2 N–H and O–H groups in total. The molecule has 0 heterocycles. The zero-order valence-corrected chi connectivity index (χ0v) is 14.9. The van der Waals surface area contributed by atoms with Crippen molar-refractivity contribution in [3.8, 4) is 0 Å². The summed E-state index contributed by atoms with van der Waals surface area (Å²) in [5, 5.41) is 5.60. The summed E-state index contributed by atoms with van der Waals surface area (Å²) < 4.78 is 4.64. The molecule has 0 bridgehead atoms. The Labute approximate surface area is 157 Å². The van der Waals surface area contributed by atoms with E-state index in [9.17, 15) is 14.4 Å². The summed E-state index contributed by atoms with van der Waals surface area (Å²) in [5.41, 5.74) is 2.59. The number of rotatable bonds is 6. The van der Waals surface area contributed by atoms with Crippen LogP contribution in [0.5, 0.6) is 0 Å². The highest BCUT2D eigenvalue weighted by atomic mass is 16.5. The number of carbonyl (C=O) groups excluding carboxylic acids is 3. The van der Waals surface area contributed by atoms with Crippen molar-refractivity contribution in [1.82, 2.24) is 0 Å². The largest absolute Gasteiger partial charge is 0.465 e. The number of ether oxygens (including phenoxy) is 1. The molecule has 1 aliphatic rings. The maximum absolute atomic E-state index is 12.0. The van der Waals surface area contributed by atoms with Gasteiger partial charge in [0.05, 0.1) is 12.7 Å². The highest BCUT2D eigenvalue weighted by molar-refractivity contribution is 6.02. The molecule has 0 aliphatic heterocycles. The molecule has 1 saturated carbocycles. The highest BCUT2D eigenvalue weighted by Gasteiger charge is 2.29. The lowest BCUT2D eigenvalue weighted by atomic mass is 10.1. The number of esters is 1. The summed E-state index contributed by atoms with van der Waals surface area (Å²) in [6.45, 7) is 0. The summed E-state index contributed by atoms with van der Waals surface area (Å²) in [4.78, 5) is 35.1. The van der Waals surface area contributed by atoms with Crippen LogP contribution in [0.3, 0.4) is 0 Å². The Kier molecular flexibility index (Phi) is 5.66. The van der Waals surface area contributed by atoms with E-state index in [1.54, 1.807) is 54.6 Å². The van der Waals surface area contributed by atoms with Gasteiger partial charge in [-0.1, -0.05) is 12.1 Å². The number of nitrogens with one attached hydrogen (secondary N) is 2. The molecule has 27 heavy (non-hydrogen) atoms. The summed E-state index contributed by atoms with van der Waals surface area (Å²) in [7, 11) is 1.33. The van der Waals surface area contributed by atoms with E-state index in [1.165, 1.54) is 13.2 Å². The third kappa shape index (κ3) is 5.28. The maximum atomic E-state index is 12.0. The van der Waals surface area contributed by atoms with Gasteiger partial charge in [-0.2, -0.15) is 0 Å². The fourth-order valence-electron chi connectivity index (χ4n) is 2.43. The van der Waals surface area contributed by atoms with Crippen LogP contribution in [0, 0.1) is 5.92 Å².